The van der Waals surface area contributed by atoms with Gasteiger partial charge in [0.25, 0.3) is 0 Å². The molecule has 0 radical (unpaired) electrons. The Morgan fingerprint density at radius 2 is 2.14 bits per heavy atom. The number of fused-ring (bicyclic) bond motifs is 1. The Morgan fingerprint density at radius 3 is 2.82 bits per heavy atom. The van der Waals surface area contributed by atoms with E-state index >= 15 is 0 Å². The largest absolute Gasteiger partial charge is 0.465 e. The molecule has 0 spiro atoms. The molecule has 1 saturated heterocycles. The van der Waals surface area contributed by atoms with Crippen molar-refractivity contribution in [3.05, 3.63) is 35.4 Å². The van der Waals surface area contributed by atoms with E-state index < -0.39 is 30.0 Å². The minimum Gasteiger partial charge on any atom is -0.465 e. The summed E-state index contributed by atoms with van der Waals surface area (Å²) in [5.74, 6) is 4.53. The molecule has 148 valence electrons. The highest BCUT2D eigenvalue weighted by molar-refractivity contribution is 5.93. The maximum absolute atomic E-state index is 12.3. The average Bonchev–Trinajstić information content (AvgIpc) is 3.05. The molecule has 3 rings (SSSR count). The van der Waals surface area contributed by atoms with Gasteiger partial charge in [-0.1, -0.05) is 18.1 Å². The van der Waals surface area contributed by atoms with Gasteiger partial charge >= 0.3 is 12.1 Å². The number of carbonyl (C=O) groups excluding carboxylic acids is 2. The molecule has 1 saturated carbocycles. The normalized spacial score (nSPS) is 26.0. The molecule has 28 heavy (non-hydrogen) atoms. The van der Waals surface area contributed by atoms with Gasteiger partial charge in [-0.25, -0.2) is 4.79 Å². The minimum absolute atomic E-state index is 0.230. The van der Waals surface area contributed by atoms with Gasteiger partial charge in [0, 0.05) is 24.1 Å². The Labute approximate surface area is 163 Å². The van der Waals surface area contributed by atoms with E-state index in [4.69, 9.17) is 10.5 Å². The third kappa shape index (κ3) is 4.11. The summed E-state index contributed by atoms with van der Waals surface area (Å²) in [5.41, 5.74) is 5.86. The molecule has 1 heterocycles. The Morgan fingerprint density at radius 1 is 1.36 bits per heavy atom. The predicted octanol–water partition coefficient (Wildman–Crippen LogP) is 2.06. The third-order valence-corrected chi connectivity index (χ3v) is 5.49. The standard InChI is InChI=1S/C21H24N2O5/c1-14-4-2-5-15(12-14)7-10-21(28-19(25)13-18(22)24)9-3-6-17-16(21)8-11-23(17)20(26)27/h2,4-5,12,16-17H,3,6,8-9,11,13H2,1H3,(H2,22,24)(H,26,27). The van der Waals surface area contributed by atoms with Crippen molar-refractivity contribution in [1.29, 1.82) is 0 Å². The lowest BCUT2D eigenvalue weighted by molar-refractivity contribution is -0.163. The highest BCUT2D eigenvalue weighted by atomic mass is 16.6. The first kappa shape index (κ1) is 19.7. The van der Waals surface area contributed by atoms with Gasteiger partial charge in [0.2, 0.25) is 5.91 Å². The number of nitrogens with zero attached hydrogens (tertiary/aromatic N) is 1. The molecule has 2 fully saturated rings. The first-order valence-corrected chi connectivity index (χ1v) is 9.40. The van der Waals surface area contributed by atoms with E-state index in [1.54, 1.807) is 0 Å². The zero-order valence-electron chi connectivity index (χ0n) is 15.8. The van der Waals surface area contributed by atoms with Gasteiger partial charge in [-0.2, -0.15) is 0 Å². The number of aryl methyl sites for hydroxylation is 1. The molecule has 7 nitrogen and oxygen atoms in total. The average molecular weight is 384 g/mol. The molecule has 1 aliphatic heterocycles. The van der Waals surface area contributed by atoms with Crippen LogP contribution in [0.4, 0.5) is 4.79 Å². The lowest BCUT2D eigenvalue weighted by Gasteiger charge is -2.42. The number of likely N-dealkylation sites (tertiary alicyclic amines) is 1. The number of esters is 1. The second-order valence-corrected chi connectivity index (χ2v) is 7.46. The van der Waals surface area contributed by atoms with Crippen molar-refractivity contribution >= 4 is 18.0 Å². The summed E-state index contributed by atoms with van der Waals surface area (Å²) in [6.45, 7) is 2.35. The number of primary amides is 1. The monoisotopic (exact) mass is 384 g/mol. The van der Waals surface area contributed by atoms with Crippen molar-refractivity contribution in [3.63, 3.8) is 0 Å². The quantitative estimate of drug-likeness (QED) is 0.471. The predicted molar refractivity (Wildman–Crippen MR) is 101 cm³/mol. The van der Waals surface area contributed by atoms with Crippen molar-refractivity contribution < 1.29 is 24.2 Å². The molecule has 2 amide bonds. The van der Waals surface area contributed by atoms with E-state index in [0.29, 0.717) is 32.2 Å². The number of hydrogen-bond acceptors (Lipinski definition) is 4. The van der Waals surface area contributed by atoms with Crippen molar-refractivity contribution in [2.75, 3.05) is 6.54 Å². The Kier molecular flexibility index (Phi) is 5.59. The molecule has 0 aromatic heterocycles. The summed E-state index contributed by atoms with van der Waals surface area (Å²) in [6.07, 6.45) is 0.955. The highest BCUT2D eigenvalue weighted by Crippen LogP contribution is 2.45. The van der Waals surface area contributed by atoms with Crippen LogP contribution in [0.3, 0.4) is 0 Å². The highest BCUT2D eigenvalue weighted by Gasteiger charge is 2.53. The fourth-order valence-corrected chi connectivity index (χ4v) is 4.34. The maximum atomic E-state index is 12.3. The minimum atomic E-state index is -1.12. The molecule has 3 N–H and O–H groups in total. The molecular formula is C21H24N2O5. The van der Waals surface area contributed by atoms with Gasteiger partial charge in [0.1, 0.15) is 6.42 Å². The smallest absolute Gasteiger partial charge is 0.407 e. The first-order valence-electron chi connectivity index (χ1n) is 9.40. The van der Waals surface area contributed by atoms with Crippen LogP contribution in [0.2, 0.25) is 0 Å². The summed E-state index contributed by atoms with van der Waals surface area (Å²) in [7, 11) is 0. The summed E-state index contributed by atoms with van der Waals surface area (Å²) in [5, 5.41) is 9.48. The number of carboxylic acid groups (broad SMARTS) is 1. The van der Waals surface area contributed by atoms with Crippen molar-refractivity contribution in [3.8, 4) is 11.8 Å². The van der Waals surface area contributed by atoms with Gasteiger partial charge in [0.05, 0.1) is 0 Å². The van der Waals surface area contributed by atoms with Crippen molar-refractivity contribution in [1.82, 2.24) is 4.90 Å². The molecule has 3 atom stereocenters. The van der Waals surface area contributed by atoms with Gasteiger partial charge in [-0.05, 0) is 56.2 Å². The SMILES string of the molecule is Cc1cccc(C#CC2(OC(=O)CC(N)=O)CCCC3C2CCN3C(=O)O)c1. The van der Waals surface area contributed by atoms with Gasteiger partial charge in [-0.3, -0.25) is 9.59 Å². The maximum Gasteiger partial charge on any atom is 0.407 e. The number of rotatable bonds is 3. The first-order chi connectivity index (χ1) is 13.3. The molecule has 1 aromatic carbocycles. The lowest BCUT2D eigenvalue weighted by Crippen LogP contribution is -2.51. The summed E-state index contributed by atoms with van der Waals surface area (Å²) >= 11 is 0. The van der Waals surface area contributed by atoms with Crippen LogP contribution in [-0.2, 0) is 14.3 Å². The van der Waals surface area contributed by atoms with E-state index in [1.165, 1.54) is 4.90 Å². The second kappa shape index (κ2) is 7.93. The third-order valence-electron chi connectivity index (χ3n) is 5.49. The zero-order chi connectivity index (χ0) is 20.3. The zero-order valence-corrected chi connectivity index (χ0v) is 15.8. The van der Waals surface area contributed by atoms with E-state index in [1.807, 2.05) is 31.2 Å². The number of nitrogens with two attached hydrogens (primary N) is 1. The van der Waals surface area contributed by atoms with Crippen LogP contribution < -0.4 is 5.73 Å². The number of amides is 2. The van der Waals surface area contributed by atoms with Crippen LogP contribution in [0.5, 0.6) is 0 Å². The summed E-state index contributed by atoms with van der Waals surface area (Å²) in [4.78, 5) is 36.4. The molecule has 0 bridgehead atoms. The second-order valence-electron chi connectivity index (χ2n) is 7.46. The molecule has 1 aromatic rings. The molecular weight excluding hydrogens is 360 g/mol. The molecule has 7 heteroatoms. The van der Waals surface area contributed by atoms with Crippen LogP contribution in [-0.4, -0.2) is 46.2 Å². The van der Waals surface area contributed by atoms with Gasteiger partial charge in [-0.15, -0.1) is 0 Å². The molecule has 1 aliphatic carbocycles. The van der Waals surface area contributed by atoms with Crippen LogP contribution in [0, 0.1) is 24.7 Å². The Balaban J connectivity index is 1.96. The van der Waals surface area contributed by atoms with E-state index in [-0.39, 0.29) is 12.0 Å². The topological polar surface area (TPSA) is 110 Å². The van der Waals surface area contributed by atoms with Crippen LogP contribution in [0.25, 0.3) is 0 Å². The van der Waals surface area contributed by atoms with E-state index in [2.05, 4.69) is 11.8 Å². The fraction of sp³-hybridized carbons (Fsp3) is 0.476. The van der Waals surface area contributed by atoms with Crippen LogP contribution in [0.15, 0.2) is 24.3 Å². The Hall–Kier alpha value is -3.01. The summed E-state index contributed by atoms with van der Waals surface area (Å²) < 4.78 is 5.75. The van der Waals surface area contributed by atoms with Crippen molar-refractivity contribution in [2.45, 2.75) is 50.7 Å². The van der Waals surface area contributed by atoms with Crippen LogP contribution in [0.1, 0.15) is 43.2 Å². The van der Waals surface area contributed by atoms with E-state index in [0.717, 1.165) is 11.1 Å². The number of benzene rings is 1. The Bertz CT molecular complexity index is 856. The number of hydrogen-bond donors (Lipinski definition) is 2. The van der Waals surface area contributed by atoms with Gasteiger partial charge in [0.15, 0.2) is 5.60 Å². The van der Waals surface area contributed by atoms with E-state index in [9.17, 15) is 19.5 Å². The number of carbonyl (C=O) groups is 3. The lowest BCUT2D eigenvalue weighted by atomic mass is 9.72. The van der Waals surface area contributed by atoms with Crippen molar-refractivity contribution in [2.24, 2.45) is 11.7 Å². The number of ether oxygens (including phenoxy) is 1. The fourth-order valence-electron chi connectivity index (χ4n) is 4.34. The van der Waals surface area contributed by atoms with Gasteiger partial charge < -0.3 is 20.5 Å². The molecule has 3 unspecified atom stereocenters. The van der Waals surface area contributed by atoms with Crippen LogP contribution >= 0.6 is 0 Å². The molecule has 2 aliphatic rings. The summed E-state index contributed by atoms with van der Waals surface area (Å²) in [6, 6.07) is 7.42.